The van der Waals surface area contributed by atoms with Gasteiger partial charge in [0.15, 0.2) is 6.61 Å². The largest absolute Gasteiger partial charge is 0.482 e. The van der Waals surface area contributed by atoms with Gasteiger partial charge < -0.3 is 10.1 Å². The van der Waals surface area contributed by atoms with Crippen LogP contribution in [0.4, 0.5) is 5.69 Å². The number of anilines is 1. The zero-order valence-corrected chi connectivity index (χ0v) is 11.4. The smallest absolute Gasteiger partial charge is 0.262 e. The lowest BCUT2D eigenvalue weighted by molar-refractivity contribution is -0.118. The number of hydrogen-bond acceptors (Lipinski definition) is 4. The van der Waals surface area contributed by atoms with Crippen molar-refractivity contribution in [2.24, 2.45) is 0 Å². The van der Waals surface area contributed by atoms with Crippen molar-refractivity contribution in [2.75, 3.05) is 18.5 Å². The Labute approximate surface area is 112 Å². The molecule has 2 rings (SSSR count). The maximum absolute atomic E-state index is 12.0. The third-order valence-electron chi connectivity index (χ3n) is 2.72. The summed E-state index contributed by atoms with van der Waals surface area (Å²) in [7, 11) is -3.52. The minimum absolute atomic E-state index is 0.0975. The van der Waals surface area contributed by atoms with Crippen LogP contribution >= 0.6 is 0 Å². The van der Waals surface area contributed by atoms with E-state index in [1.165, 1.54) is 18.2 Å². The van der Waals surface area contributed by atoms with E-state index in [9.17, 15) is 13.2 Å². The molecule has 0 radical (unpaired) electrons. The van der Waals surface area contributed by atoms with E-state index in [0.29, 0.717) is 18.0 Å². The molecule has 1 heterocycles. The van der Waals surface area contributed by atoms with Crippen molar-refractivity contribution in [3.63, 3.8) is 0 Å². The van der Waals surface area contributed by atoms with Crippen molar-refractivity contribution in [2.45, 2.75) is 24.7 Å². The summed E-state index contributed by atoms with van der Waals surface area (Å²) in [6.45, 7) is 2.30. The van der Waals surface area contributed by atoms with Gasteiger partial charge >= 0.3 is 0 Å². The molecule has 0 atom stereocenters. The minimum atomic E-state index is -3.52. The van der Waals surface area contributed by atoms with Gasteiger partial charge in [-0.2, -0.15) is 0 Å². The van der Waals surface area contributed by atoms with Gasteiger partial charge in [-0.3, -0.25) is 4.79 Å². The highest BCUT2D eigenvalue weighted by Crippen LogP contribution is 2.30. The molecule has 1 amide bonds. The van der Waals surface area contributed by atoms with Crippen molar-refractivity contribution in [3.8, 4) is 5.75 Å². The van der Waals surface area contributed by atoms with Crippen LogP contribution in [-0.4, -0.2) is 27.5 Å². The molecule has 1 aliphatic rings. The lowest BCUT2D eigenvalue weighted by Gasteiger charge is -2.18. The lowest BCUT2D eigenvalue weighted by atomic mass is 10.2. The van der Waals surface area contributed by atoms with Crippen molar-refractivity contribution in [3.05, 3.63) is 18.2 Å². The number of hydrogen-bond donors (Lipinski definition) is 2. The molecule has 1 aromatic rings. The first kappa shape index (κ1) is 13.8. The van der Waals surface area contributed by atoms with Crippen molar-refractivity contribution < 1.29 is 17.9 Å². The SMILES string of the molecule is CCCCNS(=O)(=O)c1ccc2c(c1)OCC(=O)N2. The summed E-state index contributed by atoms with van der Waals surface area (Å²) >= 11 is 0. The molecule has 0 bridgehead atoms. The normalized spacial score (nSPS) is 14.5. The summed E-state index contributed by atoms with van der Waals surface area (Å²) in [5.74, 6) is 0.127. The standard InChI is InChI=1S/C12H16N2O4S/c1-2-3-6-13-19(16,17)9-4-5-10-11(7-9)18-8-12(15)14-10/h4-5,7,13H,2-3,6,8H2,1H3,(H,14,15). The molecule has 0 unspecified atom stereocenters. The van der Waals surface area contributed by atoms with E-state index in [4.69, 9.17) is 4.74 Å². The van der Waals surface area contributed by atoms with Crippen LogP contribution in [0.15, 0.2) is 23.1 Å². The second-order valence-corrected chi connectivity index (χ2v) is 6.01. The van der Waals surface area contributed by atoms with E-state index in [0.717, 1.165) is 12.8 Å². The molecule has 0 aromatic heterocycles. The summed E-state index contributed by atoms with van der Waals surface area (Å²) in [6.07, 6.45) is 1.71. The third-order valence-corrected chi connectivity index (χ3v) is 4.18. The molecular weight excluding hydrogens is 268 g/mol. The van der Waals surface area contributed by atoms with Crippen molar-refractivity contribution in [1.82, 2.24) is 4.72 Å². The molecule has 6 nitrogen and oxygen atoms in total. The molecular formula is C12H16N2O4S. The van der Waals surface area contributed by atoms with Crippen molar-refractivity contribution >= 4 is 21.6 Å². The number of carbonyl (C=O) groups excluding carboxylic acids is 1. The number of unbranched alkanes of at least 4 members (excludes halogenated alkanes) is 1. The molecule has 0 fully saturated rings. The topological polar surface area (TPSA) is 84.5 Å². The molecule has 19 heavy (non-hydrogen) atoms. The van der Waals surface area contributed by atoms with Crippen molar-refractivity contribution in [1.29, 1.82) is 0 Å². The Bertz CT molecular complexity index is 583. The van der Waals surface area contributed by atoms with Gasteiger partial charge in [-0.15, -0.1) is 0 Å². The average molecular weight is 284 g/mol. The summed E-state index contributed by atoms with van der Waals surface area (Å²) in [5, 5.41) is 2.61. The predicted octanol–water partition coefficient (Wildman–Crippen LogP) is 1.10. The Morgan fingerprint density at radius 1 is 1.42 bits per heavy atom. The van der Waals surface area contributed by atoms with E-state index >= 15 is 0 Å². The van der Waals surface area contributed by atoms with Gasteiger partial charge in [-0.25, -0.2) is 13.1 Å². The van der Waals surface area contributed by atoms with Crippen LogP contribution in [-0.2, 0) is 14.8 Å². The third kappa shape index (κ3) is 3.24. The fourth-order valence-corrected chi connectivity index (χ4v) is 2.78. The first-order valence-corrected chi connectivity index (χ1v) is 7.57. The van der Waals surface area contributed by atoms with Gasteiger partial charge in [0.05, 0.1) is 10.6 Å². The van der Waals surface area contributed by atoms with Crippen LogP contribution in [0.25, 0.3) is 0 Å². The molecule has 7 heteroatoms. The maximum Gasteiger partial charge on any atom is 0.262 e. The number of rotatable bonds is 5. The summed E-state index contributed by atoms with van der Waals surface area (Å²) < 4.78 is 31.7. The Morgan fingerprint density at radius 3 is 2.95 bits per heavy atom. The highest BCUT2D eigenvalue weighted by Gasteiger charge is 2.20. The molecule has 0 saturated carbocycles. The van der Waals surface area contributed by atoms with Crippen LogP contribution < -0.4 is 14.8 Å². The summed E-state index contributed by atoms with van der Waals surface area (Å²) in [6, 6.07) is 4.39. The zero-order valence-electron chi connectivity index (χ0n) is 10.6. The number of carbonyl (C=O) groups is 1. The zero-order chi connectivity index (χ0) is 13.9. The van der Waals surface area contributed by atoms with Crippen LogP contribution in [0, 0.1) is 0 Å². The van der Waals surface area contributed by atoms with Gasteiger partial charge in [0, 0.05) is 12.6 Å². The number of ether oxygens (including phenoxy) is 1. The van der Waals surface area contributed by atoms with E-state index in [1.807, 2.05) is 6.92 Å². The van der Waals surface area contributed by atoms with Gasteiger partial charge in [0.25, 0.3) is 5.91 Å². The monoisotopic (exact) mass is 284 g/mol. The Balaban J connectivity index is 2.20. The van der Waals surface area contributed by atoms with Crippen LogP contribution in [0.2, 0.25) is 0 Å². The van der Waals surface area contributed by atoms with Gasteiger partial charge in [0.2, 0.25) is 10.0 Å². The van der Waals surface area contributed by atoms with Gasteiger partial charge in [0.1, 0.15) is 5.75 Å². The second-order valence-electron chi connectivity index (χ2n) is 4.25. The molecule has 104 valence electrons. The fourth-order valence-electron chi connectivity index (χ4n) is 1.69. The number of nitrogens with one attached hydrogen (secondary N) is 2. The maximum atomic E-state index is 12.0. The summed E-state index contributed by atoms with van der Waals surface area (Å²) in [4.78, 5) is 11.3. The fraction of sp³-hybridized carbons (Fsp3) is 0.417. The van der Waals surface area contributed by atoms with Gasteiger partial charge in [-0.05, 0) is 18.6 Å². The summed E-state index contributed by atoms with van der Waals surface area (Å²) in [5.41, 5.74) is 0.490. The van der Waals surface area contributed by atoms with Gasteiger partial charge in [-0.1, -0.05) is 13.3 Å². The molecule has 1 aliphatic heterocycles. The number of sulfonamides is 1. The highest BCUT2D eigenvalue weighted by molar-refractivity contribution is 7.89. The quantitative estimate of drug-likeness (QED) is 0.793. The van der Waals surface area contributed by atoms with Crippen LogP contribution in [0.1, 0.15) is 19.8 Å². The molecule has 0 saturated heterocycles. The highest BCUT2D eigenvalue weighted by atomic mass is 32.2. The minimum Gasteiger partial charge on any atom is -0.482 e. The Hall–Kier alpha value is -1.60. The number of benzene rings is 1. The first-order valence-electron chi connectivity index (χ1n) is 6.09. The van der Waals surface area contributed by atoms with E-state index in [1.54, 1.807) is 0 Å². The number of amides is 1. The Kier molecular flexibility index (Phi) is 4.06. The average Bonchev–Trinajstić information content (AvgIpc) is 2.38. The Morgan fingerprint density at radius 2 is 2.21 bits per heavy atom. The van der Waals surface area contributed by atoms with E-state index < -0.39 is 10.0 Å². The molecule has 0 spiro atoms. The predicted molar refractivity (Wildman–Crippen MR) is 70.7 cm³/mol. The van der Waals surface area contributed by atoms with E-state index in [2.05, 4.69) is 10.0 Å². The van der Waals surface area contributed by atoms with E-state index in [-0.39, 0.29) is 17.4 Å². The molecule has 1 aromatic carbocycles. The molecule has 0 aliphatic carbocycles. The second kappa shape index (κ2) is 5.58. The van der Waals surface area contributed by atoms with Crippen LogP contribution in [0.3, 0.4) is 0 Å². The lowest BCUT2D eigenvalue weighted by Crippen LogP contribution is -2.27. The first-order chi connectivity index (χ1) is 9.03. The number of fused-ring (bicyclic) bond motifs is 1. The molecule has 2 N–H and O–H groups in total. The van der Waals surface area contributed by atoms with Crippen LogP contribution in [0.5, 0.6) is 5.75 Å².